The molecule has 150 valence electrons. The van der Waals surface area contributed by atoms with Crippen molar-refractivity contribution in [1.29, 1.82) is 0 Å². The number of rotatable bonds is 3. The lowest BCUT2D eigenvalue weighted by Gasteiger charge is -2.18. The number of ether oxygens (including phenoxy) is 2. The molecule has 1 fully saturated rings. The van der Waals surface area contributed by atoms with E-state index in [9.17, 15) is 18.8 Å². The highest BCUT2D eigenvalue weighted by Crippen LogP contribution is 2.32. The number of fused-ring (bicyclic) bond motifs is 1. The fourth-order valence-electron chi connectivity index (χ4n) is 3.28. The van der Waals surface area contributed by atoms with Crippen molar-refractivity contribution < 1.29 is 28.2 Å². The van der Waals surface area contributed by atoms with Crippen LogP contribution in [0.4, 0.5) is 10.1 Å². The van der Waals surface area contributed by atoms with Crippen molar-refractivity contribution in [1.82, 2.24) is 10.9 Å². The Kier molecular flexibility index (Phi) is 4.79. The molecule has 1 saturated heterocycles. The number of hydrazine groups is 1. The molecule has 8 nitrogen and oxygen atoms in total. The largest absolute Gasteiger partial charge is 0.454 e. The van der Waals surface area contributed by atoms with Gasteiger partial charge in [-0.2, -0.15) is 0 Å². The van der Waals surface area contributed by atoms with Gasteiger partial charge in [-0.15, -0.1) is 0 Å². The van der Waals surface area contributed by atoms with Crippen LogP contribution in [0.1, 0.15) is 22.3 Å². The first-order chi connectivity index (χ1) is 13.9. The fourth-order valence-corrected chi connectivity index (χ4v) is 3.28. The molecule has 4 rings (SSSR count). The molecule has 1 unspecified atom stereocenters. The summed E-state index contributed by atoms with van der Waals surface area (Å²) in [7, 11) is 0. The van der Waals surface area contributed by atoms with E-state index < -0.39 is 23.5 Å². The number of hydrogen-bond acceptors (Lipinski definition) is 5. The zero-order valence-electron chi connectivity index (χ0n) is 15.5. The number of amides is 3. The van der Waals surface area contributed by atoms with Crippen LogP contribution in [0.2, 0.25) is 0 Å². The molecular weight excluding hydrogens is 381 g/mol. The number of nitrogens with zero attached hydrogens (tertiary/aromatic N) is 1. The summed E-state index contributed by atoms with van der Waals surface area (Å²) in [6.07, 6.45) is -0.0704. The highest BCUT2D eigenvalue weighted by Gasteiger charge is 2.36. The molecule has 2 aliphatic rings. The molecule has 2 aromatic carbocycles. The Bertz CT molecular complexity index is 1010. The monoisotopic (exact) mass is 399 g/mol. The molecule has 0 saturated carbocycles. The minimum absolute atomic E-state index is 0.0323. The minimum Gasteiger partial charge on any atom is -0.454 e. The summed E-state index contributed by atoms with van der Waals surface area (Å²) in [5, 5.41) is 0. The number of carbonyl (C=O) groups excluding carboxylic acids is 3. The molecule has 9 heteroatoms. The summed E-state index contributed by atoms with van der Waals surface area (Å²) in [6.45, 7) is 1.87. The van der Waals surface area contributed by atoms with Crippen LogP contribution in [-0.2, 0) is 9.59 Å². The van der Waals surface area contributed by atoms with E-state index in [0.717, 1.165) is 5.56 Å². The number of carbonyl (C=O) groups is 3. The van der Waals surface area contributed by atoms with E-state index in [1.54, 1.807) is 19.1 Å². The molecule has 0 radical (unpaired) electrons. The highest BCUT2D eigenvalue weighted by atomic mass is 19.1. The third kappa shape index (κ3) is 3.71. The average Bonchev–Trinajstić information content (AvgIpc) is 3.32. The second-order valence-corrected chi connectivity index (χ2v) is 6.87. The van der Waals surface area contributed by atoms with Gasteiger partial charge in [0.05, 0.1) is 11.6 Å². The molecule has 0 aromatic heterocycles. The Hall–Kier alpha value is -3.62. The molecule has 2 N–H and O–H groups in total. The van der Waals surface area contributed by atoms with Gasteiger partial charge in [0, 0.05) is 18.5 Å². The van der Waals surface area contributed by atoms with Crippen molar-refractivity contribution in [3.63, 3.8) is 0 Å². The number of hydrogen-bond donors (Lipinski definition) is 2. The molecule has 2 aromatic rings. The second kappa shape index (κ2) is 7.42. The lowest BCUT2D eigenvalue weighted by atomic mass is 10.1. The third-order valence-electron chi connectivity index (χ3n) is 4.82. The summed E-state index contributed by atoms with van der Waals surface area (Å²) in [6, 6.07) is 9.19. The highest BCUT2D eigenvalue weighted by molar-refractivity contribution is 6.01. The molecule has 2 aliphatic heterocycles. The van der Waals surface area contributed by atoms with Crippen molar-refractivity contribution in [2.24, 2.45) is 5.92 Å². The lowest BCUT2D eigenvalue weighted by molar-refractivity contribution is -0.126. The summed E-state index contributed by atoms with van der Waals surface area (Å²) in [5.74, 6) is -1.66. The summed E-state index contributed by atoms with van der Waals surface area (Å²) >= 11 is 0. The first-order valence-electron chi connectivity index (χ1n) is 8.99. The van der Waals surface area contributed by atoms with E-state index in [0.29, 0.717) is 11.5 Å². The number of anilines is 1. The van der Waals surface area contributed by atoms with E-state index in [1.807, 2.05) is 0 Å². The van der Waals surface area contributed by atoms with E-state index in [-0.39, 0.29) is 36.9 Å². The Labute approximate surface area is 165 Å². The Morgan fingerprint density at radius 2 is 1.90 bits per heavy atom. The number of nitrogens with one attached hydrogen (secondary N) is 2. The molecule has 0 aliphatic carbocycles. The van der Waals surface area contributed by atoms with Crippen LogP contribution in [0.3, 0.4) is 0 Å². The predicted octanol–water partition coefficient (Wildman–Crippen LogP) is 1.68. The van der Waals surface area contributed by atoms with Crippen molar-refractivity contribution >= 4 is 23.4 Å². The normalized spacial score (nSPS) is 17.4. The molecule has 2 heterocycles. The maximum absolute atomic E-state index is 14.2. The van der Waals surface area contributed by atoms with Crippen molar-refractivity contribution in [3.8, 4) is 11.5 Å². The molecular formula is C20H18FN3O5. The summed E-state index contributed by atoms with van der Waals surface area (Å²) < 4.78 is 24.6. The maximum Gasteiger partial charge on any atom is 0.269 e. The van der Waals surface area contributed by atoms with Crippen LogP contribution >= 0.6 is 0 Å². The van der Waals surface area contributed by atoms with E-state index in [1.165, 1.54) is 29.2 Å². The zero-order valence-corrected chi connectivity index (χ0v) is 15.5. The standard InChI is InChI=1S/C20H18FN3O5/c1-11-2-4-15(14(21)6-11)24-9-13(8-18(24)25)20(27)23-22-19(26)12-3-5-16-17(7-12)29-10-28-16/h2-7,13H,8-10H2,1H3,(H,22,26)(H,23,27). The lowest BCUT2D eigenvalue weighted by Crippen LogP contribution is -2.45. The smallest absolute Gasteiger partial charge is 0.269 e. The van der Waals surface area contributed by atoms with Crippen LogP contribution < -0.4 is 25.2 Å². The molecule has 3 amide bonds. The fraction of sp³-hybridized carbons (Fsp3) is 0.250. The topological polar surface area (TPSA) is 97.0 Å². The van der Waals surface area contributed by atoms with E-state index >= 15 is 0 Å². The van der Waals surface area contributed by atoms with Crippen molar-refractivity contribution in [3.05, 3.63) is 53.3 Å². The number of halogens is 1. The molecule has 0 bridgehead atoms. The van der Waals surface area contributed by atoms with Crippen LogP contribution in [0.5, 0.6) is 11.5 Å². The van der Waals surface area contributed by atoms with Gasteiger partial charge < -0.3 is 14.4 Å². The van der Waals surface area contributed by atoms with Crippen LogP contribution in [0.25, 0.3) is 0 Å². The van der Waals surface area contributed by atoms with Gasteiger partial charge in [0.1, 0.15) is 5.82 Å². The molecule has 29 heavy (non-hydrogen) atoms. The van der Waals surface area contributed by atoms with Crippen LogP contribution in [0, 0.1) is 18.7 Å². The SMILES string of the molecule is Cc1ccc(N2CC(C(=O)NNC(=O)c3ccc4c(c3)OCO4)CC2=O)c(F)c1. The molecule has 0 spiro atoms. The first kappa shape index (κ1) is 18.7. The Morgan fingerprint density at radius 1 is 1.10 bits per heavy atom. The third-order valence-corrected chi connectivity index (χ3v) is 4.82. The van der Waals surface area contributed by atoms with Gasteiger partial charge in [-0.1, -0.05) is 6.07 Å². The minimum atomic E-state index is -0.708. The quantitative estimate of drug-likeness (QED) is 0.766. The van der Waals surface area contributed by atoms with E-state index in [2.05, 4.69) is 10.9 Å². The number of aryl methyl sites for hydroxylation is 1. The molecule has 1 atom stereocenters. The van der Waals surface area contributed by atoms with E-state index in [4.69, 9.17) is 9.47 Å². The van der Waals surface area contributed by atoms with Gasteiger partial charge in [0.25, 0.3) is 5.91 Å². The predicted molar refractivity (Wildman–Crippen MR) is 99.8 cm³/mol. The van der Waals surface area contributed by atoms with Gasteiger partial charge in [-0.3, -0.25) is 25.2 Å². The van der Waals surface area contributed by atoms with Gasteiger partial charge >= 0.3 is 0 Å². The maximum atomic E-state index is 14.2. The summed E-state index contributed by atoms with van der Waals surface area (Å²) in [4.78, 5) is 38.1. The Morgan fingerprint density at radius 3 is 2.69 bits per heavy atom. The van der Waals surface area contributed by atoms with Gasteiger partial charge in [0.15, 0.2) is 11.5 Å². The number of benzene rings is 2. The van der Waals surface area contributed by atoms with Gasteiger partial charge in [-0.25, -0.2) is 4.39 Å². The zero-order chi connectivity index (χ0) is 20.5. The average molecular weight is 399 g/mol. The second-order valence-electron chi connectivity index (χ2n) is 6.87. The van der Waals surface area contributed by atoms with Crippen LogP contribution in [0.15, 0.2) is 36.4 Å². The van der Waals surface area contributed by atoms with Crippen molar-refractivity contribution in [2.45, 2.75) is 13.3 Å². The first-order valence-corrected chi connectivity index (χ1v) is 8.99. The summed E-state index contributed by atoms with van der Waals surface area (Å²) in [5.41, 5.74) is 5.79. The van der Waals surface area contributed by atoms with Crippen LogP contribution in [-0.4, -0.2) is 31.1 Å². The Balaban J connectivity index is 1.36. The van der Waals surface area contributed by atoms with Gasteiger partial charge in [-0.05, 0) is 42.8 Å². The van der Waals surface area contributed by atoms with Gasteiger partial charge in [0.2, 0.25) is 18.6 Å². The van der Waals surface area contributed by atoms with Crippen molar-refractivity contribution in [2.75, 3.05) is 18.2 Å².